The summed E-state index contributed by atoms with van der Waals surface area (Å²) in [6.45, 7) is 8.31. The topological polar surface area (TPSA) is 34.1 Å². The predicted molar refractivity (Wildman–Crippen MR) is 99.4 cm³/mol. The summed E-state index contributed by atoms with van der Waals surface area (Å²) in [5.41, 5.74) is 2.46. The summed E-state index contributed by atoms with van der Waals surface area (Å²) in [5.74, 6) is 0. The van der Waals surface area contributed by atoms with Gasteiger partial charge in [-0.3, -0.25) is 0 Å². The van der Waals surface area contributed by atoms with E-state index in [1.165, 1.54) is 5.57 Å². The highest BCUT2D eigenvalue weighted by Gasteiger charge is 2.24. The Hall–Kier alpha value is -1.35. The average Bonchev–Trinajstić information content (AvgIpc) is 2.51. The van der Waals surface area contributed by atoms with Crippen molar-refractivity contribution in [1.29, 1.82) is 0 Å². The van der Waals surface area contributed by atoms with Crippen LogP contribution in [-0.2, 0) is 9.84 Å². The van der Waals surface area contributed by atoms with Crippen LogP contribution in [0.4, 0.5) is 0 Å². The fourth-order valence-electron chi connectivity index (χ4n) is 2.51. The maximum absolute atomic E-state index is 12.9. The second-order valence-electron chi connectivity index (χ2n) is 6.37. The molecule has 23 heavy (non-hydrogen) atoms. The average molecular weight is 335 g/mol. The molecule has 1 unspecified atom stereocenters. The molecule has 0 aliphatic heterocycles. The molecule has 0 fully saturated rings. The van der Waals surface area contributed by atoms with Crippen molar-refractivity contribution in [2.45, 2.75) is 69.9 Å². The Labute approximate surface area is 142 Å². The monoisotopic (exact) mass is 334 g/mol. The molecule has 0 saturated heterocycles. The van der Waals surface area contributed by atoms with Gasteiger partial charge in [-0.1, -0.05) is 61.3 Å². The molecule has 1 atom stereocenters. The molecule has 1 aromatic carbocycles. The van der Waals surface area contributed by atoms with Crippen molar-refractivity contribution in [3.63, 3.8) is 0 Å². The molecule has 0 bridgehead atoms. The number of hydrogen-bond donors (Lipinski definition) is 0. The smallest absolute Gasteiger partial charge is 0.184 e. The van der Waals surface area contributed by atoms with E-state index < -0.39 is 15.1 Å². The highest BCUT2D eigenvalue weighted by Crippen LogP contribution is 2.23. The van der Waals surface area contributed by atoms with Gasteiger partial charge in [0.05, 0.1) is 10.1 Å². The molecule has 3 heteroatoms. The van der Waals surface area contributed by atoms with Crippen molar-refractivity contribution < 1.29 is 8.42 Å². The third kappa shape index (κ3) is 6.74. The number of unbranched alkanes of at least 4 members (excludes halogenated alkanes) is 1. The van der Waals surface area contributed by atoms with Crippen LogP contribution < -0.4 is 0 Å². The number of benzene rings is 1. The van der Waals surface area contributed by atoms with E-state index in [2.05, 4.69) is 26.8 Å². The zero-order valence-corrected chi connectivity index (χ0v) is 15.7. The number of sulfone groups is 1. The van der Waals surface area contributed by atoms with Crippen LogP contribution in [0.15, 0.2) is 58.5 Å². The Morgan fingerprint density at radius 2 is 1.78 bits per heavy atom. The lowest BCUT2D eigenvalue weighted by Crippen LogP contribution is -2.20. The van der Waals surface area contributed by atoms with Crippen LogP contribution in [0.2, 0.25) is 0 Å². The van der Waals surface area contributed by atoms with Crippen molar-refractivity contribution in [3.05, 3.63) is 53.6 Å². The first-order chi connectivity index (χ1) is 10.9. The van der Waals surface area contributed by atoms with Gasteiger partial charge in [0.25, 0.3) is 0 Å². The minimum atomic E-state index is -3.30. The zero-order chi connectivity index (χ0) is 17.3. The molecule has 0 aromatic heterocycles. The lowest BCUT2D eigenvalue weighted by atomic mass is 10.1. The summed E-state index contributed by atoms with van der Waals surface area (Å²) in [4.78, 5) is 0.425. The summed E-state index contributed by atoms with van der Waals surface area (Å²) in [5, 5.41) is -0.420. The third-order valence-corrected chi connectivity index (χ3v) is 5.97. The number of hydrogen-bond acceptors (Lipinski definition) is 2. The maximum atomic E-state index is 12.9. The molecule has 0 amide bonds. The minimum absolute atomic E-state index is 0.420. The molecule has 128 valence electrons. The largest absolute Gasteiger partial charge is 0.223 e. The third-order valence-electron chi connectivity index (χ3n) is 3.87. The van der Waals surface area contributed by atoms with E-state index in [0.29, 0.717) is 11.3 Å². The van der Waals surface area contributed by atoms with E-state index >= 15 is 0 Å². The van der Waals surface area contributed by atoms with Crippen LogP contribution in [0, 0.1) is 0 Å². The summed E-state index contributed by atoms with van der Waals surface area (Å²) >= 11 is 0. The number of allylic oxidation sites excluding steroid dienone is 3. The fraction of sp³-hybridized carbons (Fsp3) is 0.500. The number of rotatable bonds is 9. The summed E-state index contributed by atoms with van der Waals surface area (Å²) < 4.78 is 25.8. The Balaban J connectivity index is 2.97. The van der Waals surface area contributed by atoms with Crippen LogP contribution in [0.1, 0.15) is 59.8 Å². The van der Waals surface area contributed by atoms with Crippen molar-refractivity contribution in [1.82, 2.24) is 0 Å². The molecule has 0 saturated carbocycles. The Morgan fingerprint density at radius 1 is 1.13 bits per heavy atom. The van der Waals surface area contributed by atoms with E-state index in [1.54, 1.807) is 24.3 Å². The second-order valence-corrected chi connectivity index (χ2v) is 8.54. The van der Waals surface area contributed by atoms with E-state index in [4.69, 9.17) is 0 Å². The van der Waals surface area contributed by atoms with E-state index in [9.17, 15) is 8.42 Å². The summed E-state index contributed by atoms with van der Waals surface area (Å²) in [6, 6.07) is 8.81. The van der Waals surface area contributed by atoms with Gasteiger partial charge in [-0.05, 0) is 52.2 Å². The first-order valence-electron chi connectivity index (χ1n) is 8.47. The molecular formula is C20H30O2S. The standard InChI is InChI=1S/C20H30O2S/c1-5-6-13-20(16-18(4)12-10-11-17(2)3)23(21,22)19-14-8-7-9-15-19/h7-9,11,14-16,20H,5-6,10,12-13H2,1-4H3/b18-16+. The molecule has 0 N–H and O–H groups in total. The molecule has 0 aliphatic carbocycles. The quantitative estimate of drug-likeness (QED) is 0.542. The molecule has 0 heterocycles. The lowest BCUT2D eigenvalue weighted by Gasteiger charge is -2.15. The Morgan fingerprint density at radius 3 is 2.35 bits per heavy atom. The summed E-state index contributed by atoms with van der Waals surface area (Å²) in [7, 11) is -3.30. The van der Waals surface area contributed by atoms with Crippen LogP contribution in [0.3, 0.4) is 0 Å². The molecule has 1 aromatic rings. The van der Waals surface area contributed by atoms with Crippen LogP contribution in [-0.4, -0.2) is 13.7 Å². The van der Waals surface area contributed by atoms with Gasteiger partial charge in [0.15, 0.2) is 9.84 Å². The fourth-order valence-corrected chi connectivity index (χ4v) is 4.28. The van der Waals surface area contributed by atoms with Gasteiger partial charge in [-0.25, -0.2) is 8.42 Å². The summed E-state index contributed by atoms with van der Waals surface area (Å²) in [6.07, 6.45) is 8.67. The van der Waals surface area contributed by atoms with Gasteiger partial charge in [0.2, 0.25) is 0 Å². The maximum Gasteiger partial charge on any atom is 0.184 e. The van der Waals surface area contributed by atoms with Gasteiger partial charge in [-0.15, -0.1) is 0 Å². The van der Waals surface area contributed by atoms with Gasteiger partial charge in [0.1, 0.15) is 0 Å². The van der Waals surface area contributed by atoms with Crippen molar-refractivity contribution in [3.8, 4) is 0 Å². The normalized spacial score (nSPS) is 13.7. The zero-order valence-electron chi connectivity index (χ0n) is 14.9. The first-order valence-corrected chi connectivity index (χ1v) is 10.0. The van der Waals surface area contributed by atoms with Crippen molar-refractivity contribution in [2.75, 3.05) is 0 Å². The molecule has 0 spiro atoms. The molecule has 2 nitrogen and oxygen atoms in total. The molecule has 1 rings (SSSR count). The van der Waals surface area contributed by atoms with Gasteiger partial charge in [0, 0.05) is 0 Å². The van der Waals surface area contributed by atoms with Crippen molar-refractivity contribution >= 4 is 9.84 Å². The first kappa shape index (κ1) is 19.7. The van der Waals surface area contributed by atoms with Crippen LogP contribution in [0.5, 0.6) is 0 Å². The molecule has 0 aliphatic rings. The highest BCUT2D eigenvalue weighted by molar-refractivity contribution is 7.92. The Kier molecular flexibility index (Phi) is 8.32. The van der Waals surface area contributed by atoms with E-state index in [-0.39, 0.29) is 0 Å². The van der Waals surface area contributed by atoms with E-state index in [0.717, 1.165) is 31.3 Å². The predicted octanol–water partition coefficient (Wildman–Crippen LogP) is 5.71. The lowest BCUT2D eigenvalue weighted by molar-refractivity contribution is 0.578. The van der Waals surface area contributed by atoms with Gasteiger partial charge in [-0.2, -0.15) is 0 Å². The molecular weight excluding hydrogens is 304 g/mol. The minimum Gasteiger partial charge on any atom is -0.223 e. The highest BCUT2D eigenvalue weighted by atomic mass is 32.2. The van der Waals surface area contributed by atoms with Crippen molar-refractivity contribution in [2.24, 2.45) is 0 Å². The van der Waals surface area contributed by atoms with Gasteiger partial charge >= 0.3 is 0 Å². The second kappa shape index (κ2) is 9.71. The Bertz CT molecular complexity index is 621. The van der Waals surface area contributed by atoms with E-state index in [1.807, 2.05) is 19.1 Å². The SMILES string of the molecule is CCCCC(/C=C(\C)CCC=C(C)C)S(=O)(=O)c1ccccc1. The molecule has 0 radical (unpaired) electrons. The van der Waals surface area contributed by atoms with Crippen LogP contribution in [0.25, 0.3) is 0 Å². The van der Waals surface area contributed by atoms with Crippen LogP contribution >= 0.6 is 0 Å². The van der Waals surface area contributed by atoms with Gasteiger partial charge < -0.3 is 0 Å².